The molecule has 1 aromatic heterocycles. The van der Waals surface area contributed by atoms with E-state index >= 15 is 0 Å². The molecule has 0 fully saturated rings. The zero-order valence-electron chi connectivity index (χ0n) is 10.0. The molecule has 6 heteroatoms. The molecule has 0 atom stereocenters. The van der Waals surface area contributed by atoms with E-state index in [2.05, 4.69) is 20.4 Å². The van der Waals surface area contributed by atoms with Crippen molar-refractivity contribution in [3.05, 3.63) is 23.4 Å². The third kappa shape index (κ3) is 3.44. The number of carbonyl (C=O) groups is 2. The first kappa shape index (κ1) is 13.0. The summed E-state index contributed by atoms with van der Waals surface area (Å²) in [6.07, 6.45) is 0. The number of hydrogen-bond donors (Lipinski definition) is 2. The number of nitrogens with one attached hydrogen (secondary N) is 2. The standard InChI is InChI=1S/C11H15N3O3/c1-7-8(11(16)17-3)4-5-9(14-7)13-6-10(15)12-2/h4-5H,6H2,1-3H3,(H,12,15)(H,13,14). The van der Waals surface area contributed by atoms with Crippen LogP contribution in [-0.2, 0) is 9.53 Å². The number of nitrogens with zero attached hydrogens (tertiary/aromatic N) is 1. The van der Waals surface area contributed by atoms with E-state index in [1.165, 1.54) is 7.11 Å². The highest BCUT2D eigenvalue weighted by atomic mass is 16.5. The number of aryl methyl sites for hydroxylation is 1. The number of hydrogen-bond acceptors (Lipinski definition) is 5. The number of carbonyl (C=O) groups excluding carboxylic acids is 2. The van der Waals surface area contributed by atoms with Gasteiger partial charge in [0.05, 0.1) is 24.9 Å². The monoisotopic (exact) mass is 237 g/mol. The van der Waals surface area contributed by atoms with Crippen molar-refractivity contribution in [3.8, 4) is 0 Å². The Morgan fingerprint density at radius 3 is 2.65 bits per heavy atom. The Morgan fingerprint density at radius 1 is 1.41 bits per heavy atom. The van der Waals surface area contributed by atoms with Gasteiger partial charge in [-0.1, -0.05) is 0 Å². The molecular formula is C11H15N3O3. The lowest BCUT2D eigenvalue weighted by atomic mass is 10.2. The fraction of sp³-hybridized carbons (Fsp3) is 0.364. The van der Waals surface area contributed by atoms with Crippen molar-refractivity contribution in [2.75, 3.05) is 26.0 Å². The molecule has 0 bridgehead atoms. The number of ether oxygens (including phenoxy) is 1. The predicted molar refractivity (Wildman–Crippen MR) is 62.9 cm³/mol. The number of aromatic nitrogens is 1. The van der Waals surface area contributed by atoms with Crippen molar-refractivity contribution >= 4 is 17.7 Å². The van der Waals surface area contributed by atoms with Crippen LogP contribution in [0.25, 0.3) is 0 Å². The zero-order chi connectivity index (χ0) is 12.8. The zero-order valence-corrected chi connectivity index (χ0v) is 10.0. The van der Waals surface area contributed by atoms with E-state index < -0.39 is 5.97 Å². The van der Waals surface area contributed by atoms with Gasteiger partial charge < -0.3 is 15.4 Å². The maximum Gasteiger partial charge on any atom is 0.339 e. The topological polar surface area (TPSA) is 80.3 Å². The molecule has 0 saturated heterocycles. The number of pyridine rings is 1. The van der Waals surface area contributed by atoms with Crippen LogP contribution in [-0.4, -0.2) is 37.6 Å². The molecule has 0 aliphatic heterocycles. The Bertz CT molecular complexity index is 432. The summed E-state index contributed by atoms with van der Waals surface area (Å²) in [6.45, 7) is 1.85. The summed E-state index contributed by atoms with van der Waals surface area (Å²) in [4.78, 5) is 26.5. The van der Waals surface area contributed by atoms with Gasteiger partial charge in [0.2, 0.25) is 5.91 Å². The second-order valence-electron chi connectivity index (χ2n) is 3.35. The van der Waals surface area contributed by atoms with Crippen molar-refractivity contribution in [1.29, 1.82) is 0 Å². The molecule has 1 amide bonds. The molecule has 0 saturated carbocycles. The van der Waals surface area contributed by atoms with E-state index in [1.807, 2.05) is 0 Å². The Labute approximate surface area is 99.4 Å². The van der Waals surface area contributed by atoms with E-state index in [0.29, 0.717) is 17.1 Å². The molecule has 0 aliphatic carbocycles. The summed E-state index contributed by atoms with van der Waals surface area (Å²) >= 11 is 0. The van der Waals surface area contributed by atoms with Crippen LogP contribution in [0.2, 0.25) is 0 Å². The van der Waals surface area contributed by atoms with Crippen molar-refractivity contribution in [3.63, 3.8) is 0 Å². The highest BCUT2D eigenvalue weighted by Gasteiger charge is 2.10. The van der Waals surface area contributed by atoms with Gasteiger partial charge in [0, 0.05) is 7.05 Å². The summed E-state index contributed by atoms with van der Waals surface area (Å²) in [5, 5.41) is 5.33. The van der Waals surface area contributed by atoms with Gasteiger partial charge in [0.15, 0.2) is 0 Å². The number of likely N-dealkylation sites (N-methyl/N-ethyl adjacent to an activating group) is 1. The van der Waals surface area contributed by atoms with Crippen LogP contribution >= 0.6 is 0 Å². The van der Waals surface area contributed by atoms with E-state index in [-0.39, 0.29) is 12.5 Å². The van der Waals surface area contributed by atoms with Gasteiger partial charge in [-0.2, -0.15) is 0 Å². The van der Waals surface area contributed by atoms with Crippen molar-refractivity contribution in [1.82, 2.24) is 10.3 Å². The molecule has 0 aliphatic rings. The summed E-state index contributed by atoms with van der Waals surface area (Å²) in [6, 6.07) is 3.24. The minimum Gasteiger partial charge on any atom is -0.465 e. The van der Waals surface area contributed by atoms with Crippen LogP contribution in [0.5, 0.6) is 0 Å². The molecule has 17 heavy (non-hydrogen) atoms. The van der Waals surface area contributed by atoms with Gasteiger partial charge in [-0.25, -0.2) is 9.78 Å². The summed E-state index contributed by atoms with van der Waals surface area (Å²) < 4.78 is 4.61. The van der Waals surface area contributed by atoms with E-state index in [4.69, 9.17) is 0 Å². The van der Waals surface area contributed by atoms with Crippen LogP contribution in [0.15, 0.2) is 12.1 Å². The van der Waals surface area contributed by atoms with Crippen molar-refractivity contribution < 1.29 is 14.3 Å². The van der Waals surface area contributed by atoms with Gasteiger partial charge in [-0.3, -0.25) is 4.79 Å². The molecule has 6 nitrogen and oxygen atoms in total. The largest absolute Gasteiger partial charge is 0.465 e. The van der Waals surface area contributed by atoms with Gasteiger partial charge in [-0.05, 0) is 19.1 Å². The fourth-order valence-electron chi connectivity index (χ4n) is 1.24. The summed E-state index contributed by atoms with van der Waals surface area (Å²) in [7, 11) is 2.88. The SMILES string of the molecule is CNC(=O)CNc1ccc(C(=O)OC)c(C)n1. The van der Waals surface area contributed by atoms with Crippen LogP contribution < -0.4 is 10.6 Å². The van der Waals surface area contributed by atoms with Gasteiger partial charge in [0.1, 0.15) is 5.82 Å². The highest BCUT2D eigenvalue weighted by molar-refractivity contribution is 5.90. The first-order valence-electron chi connectivity index (χ1n) is 5.09. The minimum atomic E-state index is -0.423. The molecule has 1 aromatic rings. The molecular weight excluding hydrogens is 222 g/mol. The molecule has 1 heterocycles. The van der Waals surface area contributed by atoms with Crippen LogP contribution in [0.4, 0.5) is 5.82 Å². The molecule has 92 valence electrons. The molecule has 2 N–H and O–H groups in total. The number of esters is 1. The first-order chi connectivity index (χ1) is 8.08. The maximum absolute atomic E-state index is 11.3. The Hall–Kier alpha value is -2.11. The van der Waals surface area contributed by atoms with Crippen molar-refractivity contribution in [2.45, 2.75) is 6.92 Å². The quantitative estimate of drug-likeness (QED) is 0.738. The average Bonchev–Trinajstić information content (AvgIpc) is 2.35. The minimum absolute atomic E-state index is 0.138. The predicted octanol–water partition coefficient (Wildman–Crippen LogP) is 0.335. The highest BCUT2D eigenvalue weighted by Crippen LogP contribution is 2.11. The number of rotatable bonds is 4. The van der Waals surface area contributed by atoms with Crippen LogP contribution in [0.3, 0.4) is 0 Å². The molecule has 0 aromatic carbocycles. The normalized spacial score (nSPS) is 9.59. The lowest BCUT2D eigenvalue weighted by Crippen LogP contribution is -2.26. The lowest BCUT2D eigenvalue weighted by molar-refractivity contribution is -0.118. The molecule has 0 unspecified atom stereocenters. The molecule has 0 spiro atoms. The van der Waals surface area contributed by atoms with E-state index in [0.717, 1.165) is 0 Å². The van der Waals surface area contributed by atoms with Crippen LogP contribution in [0, 0.1) is 6.92 Å². The van der Waals surface area contributed by atoms with Gasteiger partial charge >= 0.3 is 5.97 Å². The smallest absolute Gasteiger partial charge is 0.339 e. The van der Waals surface area contributed by atoms with Gasteiger partial charge in [-0.15, -0.1) is 0 Å². The van der Waals surface area contributed by atoms with Crippen LogP contribution in [0.1, 0.15) is 16.1 Å². The summed E-state index contributed by atoms with van der Waals surface area (Å²) in [5.74, 6) is -0.0203. The molecule has 1 rings (SSSR count). The van der Waals surface area contributed by atoms with Gasteiger partial charge in [0.25, 0.3) is 0 Å². The lowest BCUT2D eigenvalue weighted by Gasteiger charge is -2.07. The van der Waals surface area contributed by atoms with E-state index in [9.17, 15) is 9.59 Å². The Kier molecular flexibility index (Phi) is 4.45. The number of amides is 1. The first-order valence-corrected chi connectivity index (χ1v) is 5.09. The fourth-order valence-corrected chi connectivity index (χ4v) is 1.24. The average molecular weight is 237 g/mol. The third-order valence-electron chi connectivity index (χ3n) is 2.20. The number of methoxy groups -OCH3 is 1. The molecule has 0 radical (unpaired) electrons. The summed E-state index contributed by atoms with van der Waals surface area (Å²) in [5.41, 5.74) is 0.969. The second kappa shape index (κ2) is 5.83. The van der Waals surface area contributed by atoms with Crippen molar-refractivity contribution in [2.24, 2.45) is 0 Å². The Morgan fingerprint density at radius 2 is 2.12 bits per heavy atom. The third-order valence-corrected chi connectivity index (χ3v) is 2.20. The Balaban J connectivity index is 2.75. The second-order valence-corrected chi connectivity index (χ2v) is 3.35. The number of anilines is 1. The van der Waals surface area contributed by atoms with E-state index in [1.54, 1.807) is 26.1 Å². The maximum atomic E-state index is 11.3.